The lowest BCUT2D eigenvalue weighted by Gasteiger charge is -2.33. The summed E-state index contributed by atoms with van der Waals surface area (Å²) in [7, 11) is 1.32. The summed E-state index contributed by atoms with van der Waals surface area (Å²) >= 11 is 0. The van der Waals surface area contributed by atoms with Crippen LogP contribution in [0.2, 0.25) is 0 Å². The first kappa shape index (κ1) is 19.1. The Kier molecular flexibility index (Phi) is 5.31. The predicted octanol–water partition coefficient (Wildman–Crippen LogP) is 2.67. The highest BCUT2D eigenvalue weighted by atomic mass is 16.5. The molecule has 2 aromatic carbocycles. The van der Waals surface area contributed by atoms with Crippen LogP contribution in [0.5, 0.6) is 0 Å². The van der Waals surface area contributed by atoms with E-state index in [0.717, 1.165) is 22.0 Å². The third kappa shape index (κ3) is 4.00. The molecule has 3 aromatic rings. The van der Waals surface area contributed by atoms with Gasteiger partial charge in [-0.1, -0.05) is 30.3 Å². The van der Waals surface area contributed by atoms with Crippen molar-refractivity contribution in [1.82, 2.24) is 15.2 Å². The average Bonchev–Trinajstić information content (AvgIpc) is 3.10. The highest BCUT2D eigenvalue weighted by molar-refractivity contribution is 5.87. The van der Waals surface area contributed by atoms with Crippen LogP contribution in [0.15, 0.2) is 46.9 Å². The summed E-state index contributed by atoms with van der Waals surface area (Å²) in [5.74, 6) is 0.675. The van der Waals surface area contributed by atoms with E-state index in [1.165, 1.54) is 7.11 Å². The van der Waals surface area contributed by atoms with E-state index in [1.54, 1.807) is 0 Å². The Labute approximate surface area is 168 Å². The van der Waals surface area contributed by atoms with Crippen molar-refractivity contribution in [2.24, 2.45) is 0 Å². The highest BCUT2D eigenvalue weighted by Gasteiger charge is 2.33. The smallest absolute Gasteiger partial charge is 0.307 e. The zero-order valence-corrected chi connectivity index (χ0v) is 16.5. The molecule has 0 spiro atoms. The Balaban J connectivity index is 1.58. The molecule has 2 heterocycles. The zero-order chi connectivity index (χ0) is 20.4. The molecule has 0 saturated carbocycles. The first-order chi connectivity index (χ1) is 14.0. The Bertz CT molecular complexity index is 1060. The number of piperazine rings is 1. The molecule has 1 atom stereocenters. The molecule has 1 saturated heterocycles. The van der Waals surface area contributed by atoms with E-state index >= 15 is 0 Å². The maximum absolute atomic E-state index is 12.3. The lowest BCUT2D eigenvalue weighted by atomic mass is 10.1. The fourth-order valence-electron chi connectivity index (χ4n) is 3.63. The number of nitrogens with one attached hydrogen (secondary N) is 1. The quantitative estimate of drug-likeness (QED) is 0.671. The first-order valence-electron chi connectivity index (χ1n) is 9.59. The number of oxazole rings is 1. The number of aryl methyl sites for hydroxylation is 1. The molecule has 1 amide bonds. The van der Waals surface area contributed by atoms with Crippen LogP contribution in [0.3, 0.4) is 0 Å². The van der Waals surface area contributed by atoms with Crippen LogP contribution in [-0.2, 0) is 20.9 Å². The van der Waals surface area contributed by atoms with Gasteiger partial charge in [-0.15, -0.1) is 0 Å². The van der Waals surface area contributed by atoms with E-state index in [4.69, 9.17) is 9.15 Å². The summed E-state index contributed by atoms with van der Waals surface area (Å²) in [5.41, 5.74) is 1.67. The number of hydrogen-bond donors (Lipinski definition) is 1. The van der Waals surface area contributed by atoms with Gasteiger partial charge in [0.1, 0.15) is 11.8 Å². The van der Waals surface area contributed by atoms with E-state index in [2.05, 4.69) is 28.5 Å². The molecule has 7 heteroatoms. The molecule has 1 aliphatic rings. The molecule has 29 heavy (non-hydrogen) atoms. The first-order valence-corrected chi connectivity index (χ1v) is 9.59. The van der Waals surface area contributed by atoms with Gasteiger partial charge in [0.25, 0.3) is 0 Å². The van der Waals surface area contributed by atoms with E-state index in [0.29, 0.717) is 31.3 Å². The van der Waals surface area contributed by atoms with Gasteiger partial charge in [-0.3, -0.25) is 14.5 Å². The van der Waals surface area contributed by atoms with E-state index in [-0.39, 0.29) is 12.3 Å². The van der Waals surface area contributed by atoms with Gasteiger partial charge >= 0.3 is 5.97 Å². The SMILES string of the molecule is COC(=O)CC1C(=O)NCCN1Cc1nc(-c2ccc3ccccc3c2)oc1C. The molecule has 1 aliphatic heterocycles. The molecule has 150 valence electrons. The molecule has 1 N–H and O–H groups in total. The number of fused-ring (bicyclic) bond motifs is 1. The third-order valence-electron chi connectivity index (χ3n) is 5.27. The second-order valence-corrected chi connectivity index (χ2v) is 7.14. The largest absolute Gasteiger partial charge is 0.469 e. The Morgan fingerprint density at radius 1 is 1.28 bits per heavy atom. The summed E-state index contributed by atoms with van der Waals surface area (Å²) < 4.78 is 10.7. The molecular weight excluding hydrogens is 370 g/mol. The molecule has 0 bridgehead atoms. The Hall–Kier alpha value is -3.19. The van der Waals surface area contributed by atoms with E-state index in [1.807, 2.05) is 36.1 Å². The fraction of sp³-hybridized carbons (Fsp3) is 0.318. The van der Waals surface area contributed by atoms with Crippen LogP contribution in [-0.4, -0.2) is 48.0 Å². The summed E-state index contributed by atoms with van der Waals surface area (Å²) in [4.78, 5) is 30.6. The second kappa shape index (κ2) is 8.05. The average molecular weight is 393 g/mol. The fourth-order valence-corrected chi connectivity index (χ4v) is 3.63. The van der Waals surface area contributed by atoms with Crippen LogP contribution >= 0.6 is 0 Å². The van der Waals surface area contributed by atoms with Gasteiger partial charge in [0.05, 0.1) is 19.2 Å². The van der Waals surface area contributed by atoms with Crippen molar-refractivity contribution in [1.29, 1.82) is 0 Å². The molecule has 7 nitrogen and oxygen atoms in total. The van der Waals surface area contributed by atoms with Crippen LogP contribution in [0.1, 0.15) is 17.9 Å². The van der Waals surface area contributed by atoms with E-state index < -0.39 is 12.0 Å². The predicted molar refractivity (Wildman–Crippen MR) is 108 cm³/mol. The molecular formula is C22H23N3O4. The van der Waals surface area contributed by atoms with Crippen LogP contribution in [0.4, 0.5) is 0 Å². The number of carbonyl (C=O) groups is 2. The maximum Gasteiger partial charge on any atom is 0.307 e. The summed E-state index contributed by atoms with van der Waals surface area (Å²) in [6, 6.07) is 13.6. The number of aromatic nitrogens is 1. The minimum absolute atomic E-state index is 0.0107. The number of rotatable bonds is 5. The van der Waals surface area contributed by atoms with Crippen molar-refractivity contribution in [3.05, 3.63) is 53.9 Å². The monoisotopic (exact) mass is 393 g/mol. The van der Waals surface area contributed by atoms with Crippen LogP contribution < -0.4 is 5.32 Å². The normalized spacial score (nSPS) is 17.3. The molecule has 1 unspecified atom stereocenters. The van der Waals surface area contributed by atoms with Crippen molar-refractivity contribution in [3.8, 4) is 11.5 Å². The molecule has 1 fully saturated rings. The van der Waals surface area contributed by atoms with Gasteiger partial charge in [0.2, 0.25) is 11.8 Å². The van der Waals surface area contributed by atoms with Crippen molar-refractivity contribution in [2.45, 2.75) is 25.9 Å². The minimum atomic E-state index is -0.573. The number of amides is 1. The highest BCUT2D eigenvalue weighted by Crippen LogP contribution is 2.27. The Morgan fingerprint density at radius 3 is 2.86 bits per heavy atom. The number of esters is 1. The second-order valence-electron chi connectivity index (χ2n) is 7.14. The maximum atomic E-state index is 12.3. The standard InChI is InChI=1S/C22H23N3O4/c1-14-18(13-25-10-9-23-21(27)19(25)12-20(26)28-2)24-22(29-14)17-8-7-15-5-3-4-6-16(15)11-17/h3-8,11,19H,9-10,12-13H2,1-2H3,(H,23,27). The van der Waals surface area contributed by atoms with Gasteiger partial charge in [-0.05, 0) is 29.8 Å². The number of benzene rings is 2. The lowest BCUT2D eigenvalue weighted by Crippen LogP contribution is -2.55. The molecule has 1 aromatic heterocycles. The Morgan fingerprint density at radius 2 is 2.07 bits per heavy atom. The summed E-state index contributed by atoms with van der Waals surface area (Å²) in [5, 5.41) is 5.08. The van der Waals surface area contributed by atoms with Crippen molar-refractivity contribution >= 4 is 22.6 Å². The van der Waals surface area contributed by atoms with Gasteiger partial charge < -0.3 is 14.5 Å². The van der Waals surface area contributed by atoms with Gasteiger partial charge in [0, 0.05) is 25.2 Å². The molecule has 4 rings (SSSR count). The van der Waals surface area contributed by atoms with Crippen LogP contribution in [0.25, 0.3) is 22.2 Å². The number of methoxy groups -OCH3 is 1. The summed E-state index contributed by atoms with van der Waals surface area (Å²) in [6.45, 7) is 3.46. The third-order valence-corrected chi connectivity index (χ3v) is 5.27. The van der Waals surface area contributed by atoms with Gasteiger partial charge in [0.15, 0.2) is 0 Å². The molecule has 0 radical (unpaired) electrons. The lowest BCUT2D eigenvalue weighted by molar-refractivity contribution is -0.146. The van der Waals surface area contributed by atoms with Gasteiger partial charge in [-0.25, -0.2) is 4.98 Å². The molecule has 0 aliphatic carbocycles. The summed E-state index contributed by atoms with van der Waals surface area (Å²) in [6.07, 6.45) is 0.0107. The number of hydrogen-bond acceptors (Lipinski definition) is 6. The van der Waals surface area contributed by atoms with Gasteiger partial charge in [-0.2, -0.15) is 0 Å². The number of nitrogens with zero attached hydrogens (tertiary/aromatic N) is 2. The number of ether oxygens (including phenoxy) is 1. The minimum Gasteiger partial charge on any atom is -0.469 e. The van der Waals surface area contributed by atoms with Crippen molar-refractivity contribution in [2.75, 3.05) is 20.2 Å². The zero-order valence-electron chi connectivity index (χ0n) is 16.5. The number of carbonyl (C=O) groups excluding carboxylic acids is 2. The van der Waals surface area contributed by atoms with Crippen molar-refractivity contribution in [3.63, 3.8) is 0 Å². The topological polar surface area (TPSA) is 84.7 Å². The van der Waals surface area contributed by atoms with Crippen LogP contribution in [0, 0.1) is 6.92 Å². The van der Waals surface area contributed by atoms with Crippen molar-refractivity contribution < 1.29 is 18.7 Å². The van der Waals surface area contributed by atoms with E-state index in [9.17, 15) is 9.59 Å².